The van der Waals surface area contributed by atoms with E-state index in [9.17, 15) is 4.79 Å². The van der Waals surface area contributed by atoms with Crippen LogP contribution in [0.15, 0.2) is 12.3 Å². The molecule has 0 atom stereocenters. The molecule has 0 aromatic rings. The van der Waals surface area contributed by atoms with Crippen molar-refractivity contribution in [1.82, 2.24) is 5.32 Å². The second-order valence-corrected chi connectivity index (χ2v) is 2.42. The van der Waals surface area contributed by atoms with Gasteiger partial charge in [-0.1, -0.05) is 20.4 Å². The average Bonchev–Trinajstić information content (AvgIpc) is 1.63. The number of rotatable bonds is 2. The Morgan fingerprint density at radius 1 is 1.56 bits per heavy atom. The lowest BCUT2D eigenvalue weighted by Gasteiger charge is -2.04. The van der Waals surface area contributed by atoms with Crippen LogP contribution in [0.1, 0.15) is 20.8 Å². The molecule has 0 spiro atoms. The van der Waals surface area contributed by atoms with Gasteiger partial charge in [0.05, 0.1) is 0 Å². The van der Waals surface area contributed by atoms with Gasteiger partial charge in [-0.2, -0.15) is 0 Å². The van der Waals surface area contributed by atoms with Crippen molar-refractivity contribution in [2.45, 2.75) is 20.8 Å². The summed E-state index contributed by atoms with van der Waals surface area (Å²) in [6.07, 6.45) is 0. The van der Waals surface area contributed by atoms with E-state index < -0.39 is 0 Å². The van der Waals surface area contributed by atoms with Gasteiger partial charge in [0.15, 0.2) is 0 Å². The largest absolute Gasteiger partial charge is 0.330 e. The molecule has 0 fully saturated rings. The third kappa shape index (κ3) is 3.76. The molecule has 0 aliphatic carbocycles. The van der Waals surface area contributed by atoms with E-state index in [4.69, 9.17) is 0 Å². The summed E-state index contributed by atoms with van der Waals surface area (Å²) < 4.78 is 0. The highest BCUT2D eigenvalue weighted by Gasteiger charge is 2.04. The zero-order chi connectivity index (χ0) is 7.44. The number of carbonyl (C=O) groups is 1. The lowest BCUT2D eigenvalue weighted by atomic mass is 10.2. The number of allylic oxidation sites excluding steroid dienone is 1. The Hall–Kier alpha value is -0.790. The van der Waals surface area contributed by atoms with Gasteiger partial charge in [0.25, 0.3) is 0 Å². The molecule has 2 nitrogen and oxygen atoms in total. The highest BCUT2D eigenvalue weighted by molar-refractivity contribution is 5.79. The predicted molar refractivity (Wildman–Crippen MR) is 37.8 cm³/mol. The summed E-state index contributed by atoms with van der Waals surface area (Å²) in [7, 11) is 0. The lowest BCUT2D eigenvalue weighted by Crippen LogP contribution is -2.25. The number of nitrogens with one attached hydrogen (secondary N) is 1. The Kier molecular flexibility index (Phi) is 2.99. The van der Waals surface area contributed by atoms with Gasteiger partial charge in [-0.15, -0.1) is 0 Å². The Balaban J connectivity index is 3.64. The number of hydrogen-bond acceptors (Lipinski definition) is 1. The van der Waals surface area contributed by atoms with Crippen LogP contribution < -0.4 is 5.32 Å². The first kappa shape index (κ1) is 8.21. The van der Waals surface area contributed by atoms with Crippen molar-refractivity contribution in [3.05, 3.63) is 12.3 Å². The van der Waals surface area contributed by atoms with E-state index in [0.29, 0.717) is 5.70 Å². The molecule has 2 heteroatoms. The molecule has 1 N–H and O–H groups in total. The van der Waals surface area contributed by atoms with E-state index in [0.717, 1.165) is 0 Å². The fourth-order valence-corrected chi connectivity index (χ4v) is 0.355. The van der Waals surface area contributed by atoms with Crippen molar-refractivity contribution in [2.75, 3.05) is 0 Å². The zero-order valence-corrected chi connectivity index (χ0v) is 6.19. The van der Waals surface area contributed by atoms with E-state index in [-0.39, 0.29) is 11.8 Å². The average molecular weight is 127 g/mol. The number of hydrogen-bond donors (Lipinski definition) is 1. The normalized spacial score (nSPS) is 9.33. The lowest BCUT2D eigenvalue weighted by molar-refractivity contribution is -0.123. The fourth-order valence-electron chi connectivity index (χ4n) is 0.355. The molecule has 0 saturated heterocycles. The molecule has 0 aromatic carbocycles. The summed E-state index contributed by atoms with van der Waals surface area (Å²) in [6.45, 7) is 9.00. The van der Waals surface area contributed by atoms with Crippen LogP contribution in [-0.2, 0) is 4.79 Å². The van der Waals surface area contributed by atoms with Crippen LogP contribution >= 0.6 is 0 Å². The Morgan fingerprint density at radius 2 is 2.00 bits per heavy atom. The van der Waals surface area contributed by atoms with Crippen LogP contribution in [-0.4, -0.2) is 5.91 Å². The molecular weight excluding hydrogens is 114 g/mol. The first-order chi connectivity index (χ1) is 4.04. The summed E-state index contributed by atoms with van der Waals surface area (Å²) in [6, 6.07) is 0. The van der Waals surface area contributed by atoms with Gasteiger partial charge in [0.1, 0.15) is 0 Å². The predicted octanol–water partition coefficient (Wildman–Crippen LogP) is 1.29. The minimum Gasteiger partial charge on any atom is -0.330 e. The van der Waals surface area contributed by atoms with Gasteiger partial charge >= 0.3 is 0 Å². The SMILES string of the molecule is C=C(C)NC(=O)C(C)C. The maximum Gasteiger partial charge on any atom is 0.226 e. The molecule has 52 valence electrons. The first-order valence-corrected chi connectivity index (χ1v) is 3.00. The van der Waals surface area contributed by atoms with Crippen molar-refractivity contribution in [3.63, 3.8) is 0 Å². The molecule has 0 aromatic heterocycles. The number of carbonyl (C=O) groups excluding carboxylic acids is 1. The second-order valence-electron chi connectivity index (χ2n) is 2.42. The Morgan fingerprint density at radius 3 is 2.11 bits per heavy atom. The molecule has 0 saturated carbocycles. The molecule has 1 amide bonds. The summed E-state index contributed by atoms with van der Waals surface area (Å²) in [5.74, 6) is 0.0733. The first-order valence-electron chi connectivity index (χ1n) is 3.00. The topological polar surface area (TPSA) is 29.1 Å². The fraction of sp³-hybridized carbons (Fsp3) is 0.571. The molecular formula is C7H13NO. The van der Waals surface area contributed by atoms with Crippen LogP contribution in [0.4, 0.5) is 0 Å². The van der Waals surface area contributed by atoms with Crippen LogP contribution in [0.3, 0.4) is 0 Å². The molecule has 9 heavy (non-hydrogen) atoms. The van der Waals surface area contributed by atoms with Gasteiger partial charge in [0.2, 0.25) is 5.91 Å². The van der Waals surface area contributed by atoms with Crippen molar-refractivity contribution in [1.29, 1.82) is 0 Å². The third-order valence-corrected chi connectivity index (χ3v) is 0.861. The van der Waals surface area contributed by atoms with E-state index in [1.54, 1.807) is 6.92 Å². The van der Waals surface area contributed by atoms with Gasteiger partial charge in [0, 0.05) is 11.6 Å². The van der Waals surface area contributed by atoms with E-state index in [2.05, 4.69) is 11.9 Å². The monoisotopic (exact) mass is 127 g/mol. The minimum atomic E-state index is 0.0301. The van der Waals surface area contributed by atoms with Crippen molar-refractivity contribution in [3.8, 4) is 0 Å². The summed E-state index contributed by atoms with van der Waals surface area (Å²) in [5.41, 5.74) is 0.703. The summed E-state index contributed by atoms with van der Waals surface area (Å²) in [5, 5.41) is 2.61. The molecule has 0 bridgehead atoms. The Labute approximate surface area is 56.0 Å². The van der Waals surface area contributed by atoms with Crippen molar-refractivity contribution >= 4 is 5.91 Å². The summed E-state index contributed by atoms with van der Waals surface area (Å²) >= 11 is 0. The highest BCUT2D eigenvalue weighted by atomic mass is 16.1. The van der Waals surface area contributed by atoms with Crippen LogP contribution in [0.2, 0.25) is 0 Å². The smallest absolute Gasteiger partial charge is 0.226 e. The van der Waals surface area contributed by atoms with Gasteiger partial charge in [-0.3, -0.25) is 4.79 Å². The zero-order valence-electron chi connectivity index (χ0n) is 6.19. The van der Waals surface area contributed by atoms with Gasteiger partial charge in [-0.25, -0.2) is 0 Å². The molecule has 0 aliphatic heterocycles. The van der Waals surface area contributed by atoms with E-state index in [1.165, 1.54) is 0 Å². The van der Waals surface area contributed by atoms with E-state index in [1.807, 2.05) is 13.8 Å². The standard InChI is InChI=1S/C7H13NO/c1-5(2)7(9)8-6(3)4/h5H,3H2,1-2,4H3,(H,8,9). The van der Waals surface area contributed by atoms with Crippen LogP contribution in [0.5, 0.6) is 0 Å². The van der Waals surface area contributed by atoms with Gasteiger partial charge in [-0.05, 0) is 6.92 Å². The third-order valence-electron chi connectivity index (χ3n) is 0.861. The number of amides is 1. The second kappa shape index (κ2) is 3.28. The van der Waals surface area contributed by atoms with Crippen LogP contribution in [0, 0.1) is 5.92 Å². The van der Waals surface area contributed by atoms with Gasteiger partial charge < -0.3 is 5.32 Å². The maximum atomic E-state index is 10.8. The minimum absolute atomic E-state index is 0.0301. The molecule has 0 rings (SSSR count). The maximum absolute atomic E-state index is 10.8. The summed E-state index contributed by atoms with van der Waals surface area (Å²) in [4.78, 5) is 10.8. The van der Waals surface area contributed by atoms with Crippen molar-refractivity contribution < 1.29 is 4.79 Å². The van der Waals surface area contributed by atoms with E-state index >= 15 is 0 Å². The Bertz CT molecular complexity index is 127. The molecule has 0 aliphatic rings. The quantitative estimate of drug-likeness (QED) is 0.595. The molecule has 0 heterocycles. The van der Waals surface area contributed by atoms with Crippen molar-refractivity contribution in [2.24, 2.45) is 5.92 Å². The molecule has 0 radical (unpaired) electrons. The van der Waals surface area contributed by atoms with Crippen LogP contribution in [0.25, 0.3) is 0 Å². The molecule has 0 unspecified atom stereocenters. The highest BCUT2D eigenvalue weighted by Crippen LogP contribution is 1.91.